The smallest absolute Gasteiger partial charge is 0.188 e. The van der Waals surface area contributed by atoms with E-state index in [0.717, 1.165) is 18.5 Å². The fourth-order valence-corrected chi connectivity index (χ4v) is 1.44. The summed E-state index contributed by atoms with van der Waals surface area (Å²) in [5.41, 5.74) is 5.53. The highest BCUT2D eigenvalue weighted by atomic mass is 16.3. The van der Waals surface area contributed by atoms with E-state index in [-0.39, 0.29) is 6.54 Å². The number of nitrogens with one attached hydrogen (secondary N) is 1. The van der Waals surface area contributed by atoms with E-state index in [1.165, 1.54) is 0 Å². The lowest BCUT2D eigenvalue weighted by molar-refractivity contribution is 0.0673. The van der Waals surface area contributed by atoms with Gasteiger partial charge in [-0.05, 0) is 18.9 Å². The Morgan fingerprint density at radius 3 is 2.65 bits per heavy atom. The molecule has 0 aliphatic carbocycles. The summed E-state index contributed by atoms with van der Waals surface area (Å²) in [5.74, 6) is 0.378. The maximum absolute atomic E-state index is 10.3. The molecule has 1 aromatic rings. The Morgan fingerprint density at radius 2 is 2.06 bits per heavy atom. The zero-order valence-corrected chi connectivity index (χ0v) is 10.5. The first-order chi connectivity index (χ1) is 8.06. The van der Waals surface area contributed by atoms with Crippen molar-refractivity contribution in [2.75, 3.05) is 13.1 Å². The predicted molar refractivity (Wildman–Crippen MR) is 70.8 cm³/mol. The largest absolute Gasteiger partial charge is 0.384 e. The topological polar surface area (TPSA) is 70.6 Å². The van der Waals surface area contributed by atoms with Crippen molar-refractivity contribution < 1.29 is 5.11 Å². The van der Waals surface area contributed by atoms with Crippen LogP contribution >= 0.6 is 0 Å². The standard InChI is InChI=1S/C13H21N3O/c1-3-9-15-12(14)16-10-13(2,17)11-7-5-4-6-8-11/h4-8,17H,3,9-10H2,1-2H3,(H3,14,15,16). The van der Waals surface area contributed by atoms with E-state index in [9.17, 15) is 5.11 Å². The average Bonchev–Trinajstić information content (AvgIpc) is 2.35. The second kappa shape index (κ2) is 6.25. The van der Waals surface area contributed by atoms with Crippen molar-refractivity contribution in [3.63, 3.8) is 0 Å². The third-order valence-corrected chi connectivity index (χ3v) is 2.51. The minimum Gasteiger partial charge on any atom is -0.384 e. The van der Waals surface area contributed by atoms with Gasteiger partial charge in [0.2, 0.25) is 0 Å². The summed E-state index contributed by atoms with van der Waals surface area (Å²) < 4.78 is 0. The fourth-order valence-electron chi connectivity index (χ4n) is 1.44. The van der Waals surface area contributed by atoms with Gasteiger partial charge in [0.15, 0.2) is 5.96 Å². The van der Waals surface area contributed by atoms with Gasteiger partial charge in [0, 0.05) is 6.54 Å². The minimum atomic E-state index is -0.986. The molecule has 0 spiro atoms. The summed E-state index contributed by atoms with van der Waals surface area (Å²) in [6.07, 6.45) is 0.991. The van der Waals surface area contributed by atoms with Gasteiger partial charge >= 0.3 is 0 Å². The minimum absolute atomic E-state index is 0.250. The molecule has 4 N–H and O–H groups in total. The Labute approximate surface area is 103 Å². The second-order valence-electron chi connectivity index (χ2n) is 4.27. The highest BCUT2D eigenvalue weighted by Gasteiger charge is 2.22. The molecule has 0 saturated carbocycles. The van der Waals surface area contributed by atoms with Gasteiger partial charge in [-0.25, -0.2) is 0 Å². The summed E-state index contributed by atoms with van der Waals surface area (Å²) in [5, 5.41) is 13.2. The lowest BCUT2D eigenvalue weighted by Crippen LogP contribution is -2.34. The van der Waals surface area contributed by atoms with Crippen LogP contribution in [0, 0.1) is 0 Å². The number of hydrogen-bond donors (Lipinski definition) is 3. The van der Waals surface area contributed by atoms with Gasteiger partial charge in [-0.2, -0.15) is 0 Å². The van der Waals surface area contributed by atoms with E-state index in [0.29, 0.717) is 5.96 Å². The zero-order chi connectivity index (χ0) is 12.7. The van der Waals surface area contributed by atoms with Crippen molar-refractivity contribution in [3.05, 3.63) is 35.9 Å². The normalized spacial score (nSPS) is 15.4. The molecular weight excluding hydrogens is 214 g/mol. The zero-order valence-electron chi connectivity index (χ0n) is 10.5. The first-order valence-electron chi connectivity index (χ1n) is 5.88. The predicted octanol–water partition coefficient (Wildman–Crippen LogP) is 1.21. The quantitative estimate of drug-likeness (QED) is 0.530. The number of nitrogens with two attached hydrogens (primary N) is 1. The van der Waals surface area contributed by atoms with Crippen LogP contribution in [-0.4, -0.2) is 24.2 Å². The number of nitrogens with zero attached hydrogens (tertiary/aromatic N) is 1. The van der Waals surface area contributed by atoms with E-state index >= 15 is 0 Å². The van der Waals surface area contributed by atoms with E-state index < -0.39 is 5.60 Å². The first kappa shape index (κ1) is 13.5. The molecule has 0 bridgehead atoms. The van der Waals surface area contributed by atoms with Crippen molar-refractivity contribution in [1.29, 1.82) is 0 Å². The maximum atomic E-state index is 10.3. The Balaban J connectivity index is 2.61. The Kier molecular flexibility index (Phi) is 4.97. The molecule has 1 aromatic carbocycles. The lowest BCUT2D eigenvalue weighted by atomic mass is 9.96. The number of benzene rings is 1. The van der Waals surface area contributed by atoms with Crippen LogP contribution in [0.2, 0.25) is 0 Å². The SMILES string of the molecule is CCCNC(N)=NCC(C)(O)c1ccccc1. The van der Waals surface area contributed by atoms with Gasteiger partial charge in [-0.15, -0.1) is 0 Å². The van der Waals surface area contributed by atoms with Gasteiger partial charge in [0.25, 0.3) is 0 Å². The van der Waals surface area contributed by atoms with E-state index in [4.69, 9.17) is 5.73 Å². The summed E-state index contributed by atoms with van der Waals surface area (Å²) in [6, 6.07) is 9.47. The highest BCUT2D eigenvalue weighted by molar-refractivity contribution is 5.77. The number of aliphatic hydroxyl groups is 1. The number of aliphatic imine (C=N–C) groups is 1. The van der Waals surface area contributed by atoms with Crippen LogP contribution in [0.25, 0.3) is 0 Å². The summed E-state index contributed by atoms with van der Waals surface area (Å²) in [4.78, 5) is 4.14. The van der Waals surface area contributed by atoms with Crippen LogP contribution < -0.4 is 11.1 Å². The molecule has 0 radical (unpaired) electrons. The van der Waals surface area contributed by atoms with Gasteiger partial charge in [0.05, 0.1) is 6.54 Å². The molecule has 0 fully saturated rings. The summed E-state index contributed by atoms with van der Waals surface area (Å²) in [7, 11) is 0. The number of guanidine groups is 1. The molecule has 1 atom stereocenters. The van der Waals surface area contributed by atoms with Crippen molar-refractivity contribution in [2.45, 2.75) is 25.9 Å². The molecule has 0 saturated heterocycles. The Bertz CT molecular complexity index is 360. The lowest BCUT2D eigenvalue weighted by Gasteiger charge is -2.21. The van der Waals surface area contributed by atoms with Crippen LogP contribution in [0.3, 0.4) is 0 Å². The average molecular weight is 235 g/mol. The molecule has 1 rings (SSSR count). The second-order valence-corrected chi connectivity index (χ2v) is 4.27. The van der Waals surface area contributed by atoms with Gasteiger partial charge < -0.3 is 16.2 Å². The molecule has 0 aliphatic rings. The maximum Gasteiger partial charge on any atom is 0.188 e. The van der Waals surface area contributed by atoms with E-state index in [1.54, 1.807) is 6.92 Å². The van der Waals surface area contributed by atoms with E-state index in [1.807, 2.05) is 30.3 Å². The van der Waals surface area contributed by atoms with E-state index in [2.05, 4.69) is 17.2 Å². The molecule has 0 aliphatic heterocycles. The fraction of sp³-hybridized carbons (Fsp3) is 0.462. The van der Waals surface area contributed by atoms with Crippen molar-refractivity contribution in [1.82, 2.24) is 5.32 Å². The monoisotopic (exact) mass is 235 g/mol. The molecule has 0 amide bonds. The summed E-state index contributed by atoms with van der Waals surface area (Å²) >= 11 is 0. The van der Waals surface area contributed by atoms with Crippen LogP contribution in [0.15, 0.2) is 35.3 Å². The molecule has 4 heteroatoms. The highest BCUT2D eigenvalue weighted by Crippen LogP contribution is 2.20. The Morgan fingerprint density at radius 1 is 1.41 bits per heavy atom. The van der Waals surface area contributed by atoms with Crippen molar-refractivity contribution >= 4 is 5.96 Å². The first-order valence-corrected chi connectivity index (χ1v) is 5.88. The van der Waals surface area contributed by atoms with Gasteiger partial charge in [0.1, 0.15) is 5.60 Å². The van der Waals surface area contributed by atoms with Crippen LogP contribution in [-0.2, 0) is 5.60 Å². The van der Waals surface area contributed by atoms with Crippen LogP contribution in [0.1, 0.15) is 25.8 Å². The third kappa shape index (κ3) is 4.44. The molecule has 4 nitrogen and oxygen atoms in total. The number of rotatable bonds is 5. The molecule has 0 heterocycles. The molecule has 1 unspecified atom stereocenters. The van der Waals surface area contributed by atoms with Crippen molar-refractivity contribution in [2.24, 2.45) is 10.7 Å². The summed E-state index contributed by atoms with van der Waals surface area (Å²) in [6.45, 7) is 4.84. The number of hydrogen-bond acceptors (Lipinski definition) is 2. The molecule has 17 heavy (non-hydrogen) atoms. The molecular formula is C13H21N3O. The third-order valence-electron chi connectivity index (χ3n) is 2.51. The van der Waals surface area contributed by atoms with Crippen LogP contribution in [0.4, 0.5) is 0 Å². The molecule has 0 aromatic heterocycles. The Hall–Kier alpha value is -1.55. The van der Waals surface area contributed by atoms with Gasteiger partial charge in [-0.3, -0.25) is 4.99 Å². The van der Waals surface area contributed by atoms with Crippen molar-refractivity contribution in [3.8, 4) is 0 Å². The van der Waals surface area contributed by atoms with Crippen LogP contribution in [0.5, 0.6) is 0 Å². The van der Waals surface area contributed by atoms with Gasteiger partial charge in [-0.1, -0.05) is 37.3 Å². The molecule has 94 valence electrons.